The van der Waals surface area contributed by atoms with Gasteiger partial charge >= 0.3 is 0 Å². The number of anilines is 1. The average Bonchev–Trinajstić information content (AvgIpc) is 3.37. The van der Waals surface area contributed by atoms with Crippen molar-refractivity contribution in [3.8, 4) is 11.5 Å². The molecule has 0 bridgehead atoms. The molecule has 3 aromatic rings. The number of halogens is 1. The Morgan fingerprint density at radius 1 is 1.16 bits per heavy atom. The third-order valence-corrected chi connectivity index (χ3v) is 6.43. The summed E-state index contributed by atoms with van der Waals surface area (Å²) < 4.78 is 11.8. The van der Waals surface area contributed by atoms with Gasteiger partial charge in [-0.15, -0.1) is 24.2 Å². The zero-order valence-corrected chi connectivity index (χ0v) is 20.0. The maximum absolute atomic E-state index is 13.1. The maximum Gasteiger partial charge on any atom is 0.252 e. The van der Waals surface area contributed by atoms with Gasteiger partial charge < -0.3 is 14.4 Å². The molecule has 0 fully saturated rings. The van der Waals surface area contributed by atoms with Gasteiger partial charge in [-0.05, 0) is 62.3 Å². The second kappa shape index (κ2) is 10.4. The highest BCUT2D eigenvalue weighted by Crippen LogP contribution is 2.33. The smallest absolute Gasteiger partial charge is 0.252 e. The van der Waals surface area contributed by atoms with E-state index in [1.54, 1.807) is 40.2 Å². The van der Waals surface area contributed by atoms with Gasteiger partial charge in [0.1, 0.15) is 0 Å². The minimum Gasteiger partial charge on any atom is -0.454 e. The van der Waals surface area contributed by atoms with Crippen LogP contribution in [-0.2, 0) is 4.79 Å². The van der Waals surface area contributed by atoms with E-state index < -0.39 is 0 Å². The lowest BCUT2D eigenvalue weighted by Gasteiger charge is -2.20. The number of ether oxygens (including phenoxy) is 2. The molecule has 9 heteroatoms. The lowest BCUT2D eigenvalue weighted by molar-refractivity contribution is -0.114. The van der Waals surface area contributed by atoms with Gasteiger partial charge in [-0.2, -0.15) is 0 Å². The molecule has 1 aliphatic heterocycles. The molecule has 0 spiro atoms. The molecular formula is C22H24ClN3O3S2. The monoisotopic (exact) mass is 477 g/mol. The first-order chi connectivity index (χ1) is 14.5. The average molecular weight is 478 g/mol. The fourth-order valence-corrected chi connectivity index (χ4v) is 4.56. The van der Waals surface area contributed by atoms with Gasteiger partial charge in [-0.3, -0.25) is 9.69 Å². The molecule has 0 aliphatic carbocycles. The van der Waals surface area contributed by atoms with Crippen LogP contribution in [0, 0.1) is 0 Å². The zero-order chi connectivity index (χ0) is 21.1. The van der Waals surface area contributed by atoms with Gasteiger partial charge in [0.25, 0.3) is 5.91 Å². The summed E-state index contributed by atoms with van der Waals surface area (Å²) in [6, 6.07) is 11.8. The van der Waals surface area contributed by atoms with Gasteiger partial charge in [0, 0.05) is 24.1 Å². The number of hydrogen-bond donors (Lipinski definition) is 0. The highest BCUT2D eigenvalue weighted by Gasteiger charge is 2.18. The lowest BCUT2D eigenvalue weighted by atomic mass is 10.2. The van der Waals surface area contributed by atoms with Gasteiger partial charge in [0.15, 0.2) is 16.6 Å². The highest BCUT2D eigenvalue weighted by atomic mass is 35.5. The van der Waals surface area contributed by atoms with Crippen LogP contribution in [0.3, 0.4) is 0 Å². The molecule has 1 aromatic heterocycles. The normalized spacial score (nSPS) is 12.5. The van der Waals surface area contributed by atoms with E-state index in [9.17, 15) is 4.79 Å². The van der Waals surface area contributed by atoms with E-state index in [0.29, 0.717) is 17.4 Å². The van der Waals surface area contributed by atoms with Crippen molar-refractivity contribution in [2.75, 3.05) is 45.1 Å². The molecule has 6 nitrogen and oxygen atoms in total. The van der Waals surface area contributed by atoms with E-state index in [2.05, 4.69) is 23.3 Å². The van der Waals surface area contributed by atoms with Crippen molar-refractivity contribution in [2.24, 2.45) is 0 Å². The number of likely N-dealkylation sites (N-methyl/N-ethyl adjacent to an activating group) is 1. The molecule has 0 saturated heterocycles. The summed E-state index contributed by atoms with van der Waals surface area (Å²) in [5.41, 5.74) is 1.80. The summed E-state index contributed by atoms with van der Waals surface area (Å²) in [7, 11) is 3.99. The Labute approximate surface area is 196 Å². The zero-order valence-electron chi connectivity index (χ0n) is 17.5. The van der Waals surface area contributed by atoms with E-state index in [-0.39, 0.29) is 25.1 Å². The van der Waals surface area contributed by atoms with Crippen molar-refractivity contribution >= 4 is 62.8 Å². The molecule has 4 rings (SSSR count). The molecule has 2 aromatic carbocycles. The van der Waals surface area contributed by atoms with Crippen molar-refractivity contribution in [1.82, 2.24) is 9.88 Å². The van der Waals surface area contributed by atoms with Crippen molar-refractivity contribution in [1.29, 1.82) is 0 Å². The van der Waals surface area contributed by atoms with Crippen molar-refractivity contribution < 1.29 is 14.3 Å². The van der Waals surface area contributed by atoms with Crippen LogP contribution in [0.5, 0.6) is 11.5 Å². The van der Waals surface area contributed by atoms with Gasteiger partial charge in [0.2, 0.25) is 6.79 Å². The van der Waals surface area contributed by atoms with Gasteiger partial charge in [0.05, 0.1) is 10.2 Å². The third-order valence-electron chi connectivity index (χ3n) is 4.67. The SMILES string of the molecule is CSc1ccc2nc(N(CCN(C)C)C(=O)C=Cc3ccc4c(c3)OCO4)sc2c1.Cl. The number of benzene rings is 2. The number of thiazole rings is 1. The predicted octanol–water partition coefficient (Wildman–Crippen LogP) is 4.78. The molecule has 1 aliphatic rings. The molecule has 1 amide bonds. The van der Waals surface area contributed by atoms with E-state index in [1.165, 1.54) is 4.90 Å². The molecule has 2 heterocycles. The Balaban J connectivity index is 0.00000272. The highest BCUT2D eigenvalue weighted by molar-refractivity contribution is 7.98. The maximum atomic E-state index is 13.1. The summed E-state index contributed by atoms with van der Waals surface area (Å²) in [6.45, 7) is 1.54. The van der Waals surface area contributed by atoms with E-state index >= 15 is 0 Å². The number of rotatable bonds is 7. The Morgan fingerprint density at radius 3 is 2.74 bits per heavy atom. The summed E-state index contributed by atoms with van der Waals surface area (Å²) in [4.78, 5) is 22.8. The topological polar surface area (TPSA) is 54.9 Å². The standard InChI is InChI=1S/C22H23N3O3S2.ClH/c1-24(2)10-11-25(22-23-17-7-6-16(29-3)13-20(17)30-22)21(26)9-5-15-4-8-18-19(12-15)28-14-27-18;/h4-9,12-13H,10-11,14H2,1-3H3;1H. The van der Waals surface area contributed by atoms with E-state index in [4.69, 9.17) is 14.5 Å². The number of amides is 1. The minimum absolute atomic E-state index is 0. The van der Waals surface area contributed by atoms with Crippen molar-refractivity contribution in [2.45, 2.75) is 4.90 Å². The van der Waals surface area contributed by atoms with Gasteiger partial charge in [-0.25, -0.2) is 4.98 Å². The molecule has 31 heavy (non-hydrogen) atoms. The predicted molar refractivity (Wildman–Crippen MR) is 131 cm³/mol. The number of aromatic nitrogens is 1. The van der Waals surface area contributed by atoms with Crippen molar-refractivity contribution in [3.05, 3.63) is 48.0 Å². The van der Waals surface area contributed by atoms with Crippen LogP contribution in [0.4, 0.5) is 5.13 Å². The molecule has 0 N–H and O–H groups in total. The Kier molecular flexibility index (Phi) is 7.83. The van der Waals surface area contributed by atoms with Crippen LogP contribution >= 0.6 is 35.5 Å². The van der Waals surface area contributed by atoms with Crippen LogP contribution in [0.25, 0.3) is 16.3 Å². The van der Waals surface area contributed by atoms with Gasteiger partial charge in [-0.1, -0.05) is 17.4 Å². The molecular weight excluding hydrogens is 454 g/mol. The summed E-state index contributed by atoms with van der Waals surface area (Å²) in [6.07, 6.45) is 5.44. The molecule has 164 valence electrons. The fraction of sp³-hybridized carbons (Fsp3) is 0.273. The number of carbonyl (C=O) groups is 1. The number of carbonyl (C=O) groups excluding carboxylic acids is 1. The number of hydrogen-bond acceptors (Lipinski definition) is 7. The summed E-state index contributed by atoms with van der Waals surface area (Å²) in [5.74, 6) is 1.33. The first-order valence-electron chi connectivity index (χ1n) is 9.52. The van der Waals surface area contributed by atoms with Crippen molar-refractivity contribution in [3.63, 3.8) is 0 Å². The summed E-state index contributed by atoms with van der Waals surface area (Å²) in [5, 5.41) is 0.713. The second-order valence-electron chi connectivity index (χ2n) is 7.07. The summed E-state index contributed by atoms with van der Waals surface area (Å²) >= 11 is 3.24. The van der Waals surface area contributed by atoms with Crippen LogP contribution in [0.1, 0.15) is 5.56 Å². The molecule has 0 saturated carbocycles. The first-order valence-corrected chi connectivity index (χ1v) is 11.6. The number of nitrogens with zero attached hydrogens (tertiary/aromatic N) is 3. The van der Waals surface area contributed by atoms with Crippen LogP contribution in [0.15, 0.2) is 47.4 Å². The first kappa shape index (κ1) is 23.4. The molecule has 0 atom stereocenters. The molecule has 0 unspecified atom stereocenters. The van der Waals surface area contributed by atoms with E-state index in [1.807, 2.05) is 38.4 Å². The number of thioether (sulfide) groups is 1. The lowest BCUT2D eigenvalue weighted by Crippen LogP contribution is -2.35. The Hall–Kier alpha value is -2.26. The third kappa shape index (κ3) is 5.51. The van der Waals surface area contributed by atoms with Crippen LogP contribution in [-0.4, -0.2) is 56.0 Å². The number of fused-ring (bicyclic) bond motifs is 2. The minimum atomic E-state index is -0.0985. The second-order valence-corrected chi connectivity index (χ2v) is 8.96. The van der Waals surface area contributed by atoms with Crippen LogP contribution < -0.4 is 14.4 Å². The quantitative estimate of drug-likeness (QED) is 0.360. The van der Waals surface area contributed by atoms with Crippen LogP contribution in [0.2, 0.25) is 0 Å². The Bertz CT molecular complexity index is 1100. The molecule has 0 radical (unpaired) electrons. The van der Waals surface area contributed by atoms with E-state index in [0.717, 1.165) is 28.1 Å². The Morgan fingerprint density at radius 2 is 1.97 bits per heavy atom. The largest absolute Gasteiger partial charge is 0.454 e. The fourth-order valence-electron chi connectivity index (χ4n) is 3.01.